The van der Waals surface area contributed by atoms with E-state index in [-0.39, 0.29) is 29.4 Å². The molecule has 0 aliphatic carbocycles. The molecule has 1 N–H and O–H groups in total. The van der Waals surface area contributed by atoms with Crippen LogP contribution in [0.2, 0.25) is 0 Å². The van der Waals surface area contributed by atoms with Crippen molar-refractivity contribution in [3.63, 3.8) is 0 Å². The standard InChI is InChI=1S/C19H22N4O6S/c1-4-22(5-2)30(27,28)18-12-16(23(25)26)10-11-17(18)21-20-13-14-6-8-15(9-7-14)19(24)29-3/h6-13,21H,4-5H2,1-3H3/b20-13+. The first-order valence-electron chi connectivity index (χ1n) is 9.00. The minimum Gasteiger partial charge on any atom is -0.465 e. The molecule has 0 spiro atoms. The smallest absolute Gasteiger partial charge is 0.337 e. The lowest BCUT2D eigenvalue weighted by Gasteiger charge is -2.20. The van der Waals surface area contributed by atoms with Gasteiger partial charge in [0.05, 0.1) is 29.5 Å². The summed E-state index contributed by atoms with van der Waals surface area (Å²) in [5.74, 6) is -0.464. The SMILES string of the molecule is CCN(CC)S(=O)(=O)c1cc([N+](=O)[O-])ccc1N/N=C/c1ccc(C(=O)OC)cc1. The van der Waals surface area contributed by atoms with Crippen LogP contribution in [0.25, 0.3) is 0 Å². The first-order chi connectivity index (χ1) is 14.2. The average Bonchev–Trinajstić information content (AvgIpc) is 2.74. The van der Waals surface area contributed by atoms with Crippen molar-refractivity contribution >= 4 is 33.6 Å². The van der Waals surface area contributed by atoms with Crippen LogP contribution >= 0.6 is 0 Å². The number of carbonyl (C=O) groups excluding carboxylic acids is 1. The number of hydrazone groups is 1. The first kappa shape index (κ1) is 23.0. The zero-order valence-electron chi connectivity index (χ0n) is 16.7. The molecule has 0 saturated heterocycles. The number of anilines is 1. The minimum atomic E-state index is -3.96. The number of ether oxygens (including phenoxy) is 1. The van der Waals surface area contributed by atoms with Crippen molar-refractivity contribution in [2.24, 2.45) is 5.10 Å². The predicted octanol–water partition coefficient (Wildman–Crippen LogP) is 2.86. The number of nitro benzene ring substituents is 1. The van der Waals surface area contributed by atoms with Gasteiger partial charge in [0.25, 0.3) is 5.69 Å². The Balaban J connectivity index is 2.34. The molecular formula is C19H22N4O6S. The molecule has 0 radical (unpaired) electrons. The summed E-state index contributed by atoms with van der Waals surface area (Å²) in [5.41, 5.74) is 3.43. The van der Waals surface area contributed by atoms with E-state index in [9.17, 15) is 23.3 Å². The van der Waals surface area contributed by atoms with Gasteiger partial charge in [-0.2, -0.15) is 9.41 Å². The molecule has 0 aromatic heterocycles. The molecule has 2 aromatic rings. The molecule has 2 aromatic carbocycles. The molecular weight excluding hydrogens is 412 g/mol. The predicted molar refractivity (Wildman–Crippen MR) is 112 cm³/mol. The number of hydrogen-bond acceptors (Lipinski definition) is 8. The monoisotopic (exact) mass is 434 g/mol. The summed E-state index contributed by atoms with van der Waals surface area (Å²) < 4.78 is 31.7. The number of rotatable bonds is 9. The van der Waals surface area contributed by atoms with Gasteiger partial charge in [0.2, 0.25) is 10.0 Å². The number of non-ortho nitro benzene ring substituents is 1. The highest BCUT2D eigenvalue weighted by Gasteiger charge is 2.27. The summed E-state index contributed by atoms with van der Waals surface area (Å²) in [7, 11) is -2.67. The molecule has 0 unspecified atom stereocenters. The molecule has 0 heterocycles. The van der Waals surface area contributed by atoms with Gasteiger partial charge in [0.1, 0.15) is 4.90 Å². The molecule has 0 bridgehead atoms. The van der Waals surface area contributed by atoms with E-state index in [2.05, 4.69) is 15.3 Å². The Kier molecular flexibility index (Phi) is 7.61. The Morgan fingerprint density at radius 3 is 2.37 bits per heavy atom. The van der Waals surface area contributed by atoms with Crippen LogP contribution in [0.3, 0.4) is 0 Å². The first-order valence-corrected chi connectivity index (χ1v) is 10.4. The van der Waals surface area contributed by atoms with Crippen molar-refractivity contribution in [1.82, 2.24) is 4.31 Å². The molecule has 0 aliphatic heterocycles. The lowest BCUT2D eigenvalue weighted by molar-refractivity contribution is -0.385. The van der Waals surface area contributed by atoms with Crippen molar-refractivity contribution in [2.75, 3.05) is 25.6 Å². The van der Waals surface area contributed by atoms with Crippen molar-refractivity contribution in [2.45, 2.75) is 18.7 Å². The van der Waals surface area contributed by atoms with Crippen LogP contribution in [-0.2, 0) is 14.8 Å². The van der Waals surface area contributed by atoms with Gasteiger partial charge >= 0.3 is 5.97 Å². The Morgan fingerprint density at radius 1 is 1.20 bits per heavy atom. The second kappa shape index (κ2) is 9.94. The summed E-state index contributed by atoms with van der Waals surface area (Å²) in [4.78, 5) is 21.7. The fourth-order valence-electron chi connectivity index (χ4n) is 2.63. The third-order valence-corrected chi connectivity index (χ3v) is 6.32. The van der Waals surface area contributed by atoms with Crippen molar-refractivity contribution < 1.29 is 22.9 Å². The van der Waals surface area contributed by atoms with Crippen molar-refractivity contribution in [1.29, 1.82) is 0 Å². The van der Waals surface area contributed by atoms with E-state index >= 15 is 0 Å². The molecule has 0 fully saturated rings. The number of methoxy groups -OCH3 is 1. The van der Waals surface area contributed by atoms with Crippen LogP contribution in [0.4, 0.5) is 11.4 Å². The number of esters is 1. The second-order valence-electron chi connectivity index (χ2n) is 6.01. The Bertz CT molecular complexity index is 1050. The van der Waals surface area contributed by atoms with Crippen LogP contribution in [0.5, 0.6) is 0 Å². The van der Waals surface area contributed by atoms with E-state index in [1.165, 1.54) is 29.8 Å². The molecule has 2 rings (SSSR count). The van der Waals surface area contributed by atoms with Crippen LogP contribution in [0.1, 0.15) is 29.8 Å². The number of nitrogens with one attached hydrogen (secondary N) is 1. The molecule has 11 heteroatoms. The van der Waals surface area contributed by atoms with Crippen LogP contribution in [-0.4, -0.2) is 50.0 Å². The van der Waals surface area contributed by atoms with Gasteiger partial charge in [0.15, 0.2) is 0 Å². The third kappa shape index (κ3) is 5.19. The molecule has 0 aliphatic rings. The zero-order chi connectivity index (χ0) is 22.3. The van der Waals surface area contributed by atoms with Gasteiger partial charge in [-0.3, -0.25) is 15.5 Å². The minimum absolute atomic E-state index is 0.106. The highest BCUT2D eigenvalue weighted by molar-refractivity contribution is 7.89. The van der Waals surface area contributed by atoms with Gasteiger partial charge in [-0.15, -0.1) is 0 Å². The van der Waals surface area contributed by atoms with Crippen LogP contribution in [0, 0.1) is 10.1 Å². The van der Waals surface area contributed by atoms with E-state index in [4.69, 9.17) is 0 Å². The topological polar surface area (TPSA) is 131 Å². The second-order valence-corrected chi connectivity index (χ2v) is 7.92. The van der Waals surface area contributed by atoms with E-state index < -0.39 is 20.9 Å². The van der Waals surface area contributed by atoms with Gasteiger partial charge in [0, 0.05) is 25.2 Å². The summed E-state index contributed by atoms with van der Waals surface area (Å²) >= 11 is 0. The Morgan fingerprint density at radius 2 is 1.83 bits per heavy atom. The largest absolute Gasteiger partial charge is 0.465 e. The lowest BCUT2D eigenvalue weighted by Crippen LogP contribution is -2.31. The maximum atomic E-state index is 12.9. The number of hydrogen-bond donors (Lipinski definition) is 1. The lowest BCUT2D eigenvalue weighted by atomic mass is 10.1. The van der Waals surface area contributed by atoms with E-state index in [1.807, 2.05) is 0 Å². The summed E-state index contributed by atoms with van der Waals surface area (Å²) in [6, 6.07) is 9.92. The highest BCUT2D eigenvalue weighted by atomic mass is 32.2. The number of nitro groups is 1. The van der Waals surface area contributed by atoms with E-state index in [1.54, 1.807) is 38.1 Å². The molecule has 160 valence electrons. The zero-order valence-corrected chi connectivity index (χ0v) is 17.5. The van der Waals surface area contributed by atoms with E-state index in [0.29, 0.717) is 11.1 Å². The van der Waals surface area contributed by atoms with Crippen LogP contribution in [0.15, 0.2) is 52.5 Å². The number of nitrogens with zero attached hydrogens (tertiary/aromatic N) is 3. The Hall–Kier alpha value is -3.31. The van der Waals surface area contributed by atoms with E-state index in [0.717, 1.165) is 6.07 Å². The highest BCUT2D eigenvalue weighted by Crippen LogP contribution is 2.29. The van der Waals surface area contributed by atoms with Crippen molar-refractivity contribution in [3.05, 3.63) is 63.7 Å². The number of sulfonamides is 1. The number of benzene rings is 2. The fraction of sp³-hybridized carbons (Fsp3) is 0.263. The average molecular weight is 434 g/mol. The van der Waals surface area contributed by atoms with Crippen molar-refractivity contribution in [3.8, 4) is 0 Å². The van der Waals surface area contributed by atoms with Gasteiger partial charge in [-0.05, 0) is 23.8 Å². The van der Waals surface area contributed by atoms with Gasteiger partial charge in [-0.25, -0.2) is 13.2 Å². The quantitative estimate of drug-likeness (QED) is 0.278. The maximum Gasteiger partial charge on any atom is 0.337 e. The molecule has 0 amide bonds. The van der Waals surface area contributed by atoms with Gasteiger partial charge in [-0.1, -0.05) is 26.0 Å². The number of carbonyl (C=O) groups is 1. The maximum absolute atomic E-state index is 12.9. The molecule has 0 atom stereocenters. The summed E-state index contributed by atoms with van der Waals surface area (Å²) in [6.45, 7) is 3.80. The molecule has 30 heavy (non-hydrogen) atoms. The normalized spacial score (nSPS) is 11.6. The summed E-state index contributed by atoms with van der Waals surface area (Å²) in [5, 5.41) is 15.1. The fourth-order valence-corrected chi connectivity index (χ4v) is 4.25. The molecule has 10 nitrogen and oxygen atoms in total. The molecule has 0 saturated carbocycles. The summed E-state index contributed by atoms with van der Waals surface area (Å²) in [6.07, 6.45) is 1.43. The van der Waals surface area contributed by atoms with Gasteiger partial charge < -0.3 is 4.74 Å². The van der Waals surface area contributed by atoms with Crippen LogP contribution < -0.4 is 5.43 Å². The Labute approximate surface area is 174 Å². The third-order valence-electron chi connectivity index (χ3n) is 4.23.